The second-order valence-electron chi connectivity index (χ2n) is 2.30. The molecule has 0 aromatic heterocycles. The fourth-order valence-electron chi connectivity index (χ4n) is 0.105. The zero-order valence-electron chi connectivity index (χ0n) is 5.38. The van der Waals surface area contributed by atoms with Gasteiger partial charge in [-0.05, 0) is 6.92 Å². The molecule has 0 rings (SSSR count). The first kappa shape index (κ1) is 7.88. The maximum Gasteiger partial charge on any atom is 0.198 e. The molecule has 50 valence electrons. The molecule has 0 aliphatic carbocycles. The van der Waals surface area contributed by atoms with Crippen LogP contribution in [0, 0.1) is 5.92 Å². The Balaban J connectivity index is 3.71. The number of hydrogen-bond donors (Lipinski definition) is 2. The van der Waals surface area contributed by atoms with E-state index in [-0.39, 0.29) is 5.92 Å². The van der Waals surface area contributed by atoms with Crippen molar-refractivity contribution in [2.45, 2.75) is 26.6 Å². The van der Waals surface area contributed by atoms with Crippen LogP contribution < -0.4 is 0 Å². The fourth-order valence-corrected chi connectivity index (χ4v) is 0.105. The molecule has 0 aliphatic rings. The molecule has 0 saturated carbocycles. The van der Waals surface area contributed by atoms with Gasteiger partial charge in [0.1, 0.15) is 0 Å². The molecular weight excluding hydrogens is 108 g/mol. The lowest BCUT2D eigenvalue weighted by Crippen LogP contribution is -2.32. The topological polar surface area (TPSA) is 49.7 Å². The van der Waals surface area contributed by atoms with E-state index in [1.54, 1.807) is 13.8 Å². The van der Waals surface area contributed by atoms with Crippen molar-refractivity contribution in [1.29, 1.82) is 0 Å². The van der Waals surface area contributed by atoms with E-state index in [1.807, 2.05) is 0 Å². The molecule has 0 amide bonds. The Morgan fingerprint density at radius 1 is 1.50 bits per heavy atom. The monoisotopic (exact) mass is 120 g/mol. The van der Waals surface area contributed by atoms with E-state index < -0.39 is 5.79 Å². The van der Waals surface area contributed by atoms with Gasteiger partial charge in [-0.25, -0.2) is 10.1 Å². The first-order valence-electron chi connectivity index (χ1n) is 2.55. The molecule has 8 heavy (non-hydrogen) atoms. The zero-order valence-corrected chi connectivity index (χ0v) is 5.38. The molecule has 1 atom stereocenters. The van der Waals surface area contributed by atoms with Gasteiger partial charge in [-0.1, -0.05) is 13.8 Å². The molecule has 3 nitrogen and oxygen atoms in total. The van der Waals surface area contributed by atoms with E-state index in [1.165, 1.54) is 6.92 Å². The van der Waals surface area contributed by atoms with Crippen molar-refractivity contribution in [3.63, 3.8) is 0 Å². The van der Waals surface area contributed by atoms with Crippen LogP contribution in [0.1, 0.15) is 20.8 Å². The highest BCUT2D eigenvalue weighted by Crippen LogP contribution is 2.14. The summed E-state index contributed by atoms with van der Waals surface area (Å²) in [5.74, 6) is -1.51. The third-order valence-electron chi connectivity index (χ3n) is 1.26. The van der Waals surface area contributed by atoms with Crippen LogP contribution in [0.3, 0.4) is 0 Å². The summed E-state index contributed by atoms with van der Waals surface area (Å²) in [5.41, 5.74) is 0. The summed E-state index contributed by atoms with van der Waals surface area (Å²) in [5, 5.41) is 16.9. The minimum atomic E-state index is -1.40. The van der Waals surface area contributed by atoms with Gasteiger partial charge in [0, 0.05) is 5.92 Å². The van der Waals surface area contributed by atoms with Crippen molar-refractivity contribution in [3.05, 3.63) is 0 Å². The minimum absolute atomic E-state index is 0.104. The van der Waals surface area contributed by atoms with E-state index in [9.17, 15) is 0 Å². The summed E-state index contributed by atoms with van der Waals surface area (Å²) in [4.78, 5) is 3.75. The smallest absolute Gasteiger partial charge is 0.198 e. The quantitative estimate of drug-likeness (QED) is 0.322. The summed E-state index contributed by atoms with van der Waals surface area (Å²) in [6.07, 6.45) is 0. The van der Waals surface area contributed by atoms with Crippen LogP contribution >= 0.6 is 0 Å². The van der Waals surface area contributed by atoms with Gasteiger partial charge in [0.25, 0.3) is 0 Å². The van der Waals surface area contributed by atoms with Crippen molar-refractivity contribution in [2.75, 3.05) is 0 Å². The van der Waals surface area contributed by atoms with Gasteiger partial charge >= 0.3 is 0 Å². The van der Waals surface area contributed by atoms with Crippen LogP contribution in [0.2, 0.25) is 0 Å². The summed E-state index contributed by atoms with van der Waals surface area (Å²) in [6, 6.07) is 0. The predicted octanol–water partition coefficient (Wildman–Crippen LogP) is 0.841. The molecule has 0 spiro atoms. The zero-order chi connectivity index (χ0) is 6.78. The van der Waals surface area contributed by atoms with E-state index in [2.05, 4.69) is 4.89 Å². The maximum atomic E-state index is 8.93. The Bertz CT molecular complexity index is 68.1. The highest BCUT2D eigenvalue weighted by molar-refractivity contribution is 4.60. The van der Waals surface area contributed by atoms with Gasteiger partial charge in [0.2, 0.25) is 0 Å². The second kappa shape index (κ2) is 2.44. The molecule has 2 N–H and O–H groups in total. The Morgan fingerprint density at radius 2 is 1.88 bits per heavy atom. The van der Waals surface area contributed by atoms with E-state index >= 15 is 0 Å². The van der Waals surface area contributed by atoms with Gasteiger partial charge in [-0.2, -0.15) is 0 Å². The summed E-state index contributed by atoms with van der Waals surface area (Å²) in [6.45, 7) is 4.89. The van der Waals surface area contributed by atoms with Crippen molar-refractivity contribution in [3.8, 4) is 0 Å². The molecule has 1 unspecified atom stereocenters. The number of hydrogen-bond acceptors (Lipinski definition) is 3. The third-order valence-corrected chi connectivity index (χ3v) is 1.26. The largest absolute Gasteiger partial charge is 0.363 e. The van der Waals surface area contributed by atoms with Crippen molar-refractivity contribution in [2.24, 2.45) is 5.92 Å². The molecule has 0 fully saturated rings. The lowest BCUT2D eigenvalue weighted by Gasteiger charge is -2.22. The van der Waals surface area contributed by atoms with Gasteiger partial charge in [0.05, 0.1) is 0 Å². The lowest BCUT2D eigenvalue weighted by atomic mass is 10.1. The predicted molar refractivity (Wildman–Crippen MR) is 29.2 cm³/mol. The maximum absolute atomic E-state index is 8.93. The summed E-state index contributed by atoms with van der Waals surface area (Å²) >= 11 is 0. The second-order valence-corrected chi connectivity index (χ2v) is 2.30. The van der Waals surface area contributed by atoms with Crippen LogP contribution in [-0.4, -0.2) is 16.2 Å². The van der Waals surface area contributed by atoms with Gasteiger partial charge in [0.15, 0.2) is 5.79 Å². The average Bonchev–Trinajstić information content (AvgIpc) is 1.67. The third kappa shape index (κ3) is 1.78. The molecule has 0 saturated heterocycles. The van der Waals surface area contributed by atoms with E-state index in [4.69, 9.17) is 10.4 Å². The summed E-state index contributed by atoms with van der Waals surface area (Å²) in [7, 11) is 0. The van der Waals surface area contributed by atoms with Crippen molar-refractivity contribution in [1.82, 2.24) is 0 Å². The summed E-state index contributed by atoms with van der Waals surface area (Å²) < 4.78 is 0. The highest BCUT2D eigenvalue weighted by Gasteiger charge is 2.25. The number of rotatable bonds is 2. The molecule has 0 bridgehead atoms. The van der Waals surface area contributed by atoms with Crippen LogP contribution in [0.5, 0.6) is 0 Å². The SMILES string of the molecule is CC(C)C(C)(O)OO. The molecule has 0 heterocycles. The Hall–Kier alpha value is -0.120. The Kier molecular flexibility index (Phi) is 2.40. The van der Waals surface area contributed by atoms with E-state index in [0.717, 1.165) is 0 Å². The van der Waals surface area contributed by atoms with Crippen LogP contribution in [-0.2, 0) is 4.89 Å². The Morgan fingerprint density at radius 3 is 1.88 bits per heavy atom. The van der Waals surface area contributed by atoms with E-state index in [0.29, 0.717) is 0 Å². The van der Waals surface area contributed by atoms with Gasteiger partial charge < -0.3 is 5.11 Å². The van der Waals surface area contributed by atoms with Gasteiger partial charge in [-0.3, -0.25) is 0 Å². The van der Waals surface area contributed by atoms with Crippen molar-refractivity contribution < 1.29 is 15.3 Å². The van der Waals surface area contributed by atoms with Crippen LogP contribution in [0.15, 0.2) is 0 Å². The molecule has 0 aromatic rings. The fraction of sp³-hybridized carbons (Fsp3) is 1.00. The van der Waals surface area contributed by atoms with Crippen LogP contribution in [0.25, 0.3) is 0 Å². The standard InChI is InChI=1S/C5H12O3/c1-4(2)5(3,6)8-7/h4,6-7H,1-3H3. The molecule has 0 aromatic carbocycles. The first-order chi connectivity index (χ1) is 3.50. The number of aliphatic hydroxyl groups is 1. The Labute approximate surface area is 48.8 Å². The lowest BCUT2D eigenvalue weighted by molar-refractivity contribution is -0.398. The van der Waals surface area contributed by atoms with Gasteiger partial charge in [-0.15, -0.1) is 0 Å². The van der Waals surface area contributed by atoms with Crippen molar-refractivity contribution >= 4 is 0 Å². The normalized spacial score (nSPS) is 18.8. The van der Waals surface area contributed by atoms with Crippen LogP contribution in [0.4, 0.5) is 0 Å². The molecule has 0 radical (unpaired) electrons. The average molecular weight is 120 g/mol. The molecular formula is C5H12O3. The minimum Gasteiger partial charge on any atom is -0.363 e. The molecule has 0 aliphatic heterocycles. The molecule has 3 heteroatoms. The first-order valence-corrected chi connectivity index (χ1v) is 2.55. The highest BCUT2D eigenvalue weighted by atomic mass is 17.1.